The number of thioether (sulfide) groups is 1. The Morgan fingerprint density at radius 2 is 2.11 bits per heavy atom. The van der Waals surface area contributed by atoms with Crippen LogP contribution in [0.15, 0.2) is 23.1 Å². The van der Waals surface area contributed by atoms with Crippen molar-refractivity contribution in [2.75, 3.05) is 29.6 Å². The van der Waals surface area contributed by atoms with Gasteiger partial charge in [0.25, 0.3) is 0 Å². The van der Waals surface area contributed by atoms with Crippen molar-refractivity contribution in [2.45, 2.75) is 11.8 Å². The van der Waals surface area contributed by atoms with Crippen molar-refractivity contribution in [3.63, 3.8) is 0 Å². The van der Waals surface area contributed by atoms with E-state index in [9.17, 15) is 8.42 Å². The van der Waals surface area contributed by atoms with Gasteiger partial charge in [-0.25, -0.2) is 13.6 Å². The summed E-state index contributed by atoms with van der Waals surface area (Å²) in [5.74, 6) is 1.50. The maximum absolute atomic E-state index is 11.2. The van der Waals surface area contributed by atoms with Crippen LogP contribution in [0.25, 0.3) is 0 Å². The van der Waals surface area contributed by atoms with Crippen LogP contribution in [0.4, 0.5) is 11.4 Å². The molecule has 0 aliphatic carbocycles. The van der Waals surface area contributed by atoms with Gasteiger partial charge in [0.1, 0.15) is 0 Å². The fourth-order valence-electron chi connectivity index (χ4n) is 1.49. The number of nitrogens with one attached hydrogen (secondary N) is 1. The second-order valence-electron chi connectivity index (χ2n) is 4.24. The predicted molar refractivity (Wildman–Crippen MR) is 78.3 cm³/mol. The molecule has 0 radical (unpaired) electrons. The molecular formula is C11H19N3O2S2. The Hall–Kier alpha value is -0.920. The number of anilines is 2. The molecule has 0 aliphatic rings. The fourth-order valence-corrected chi connectivity index (χ4v) is 2.72. The van der Waals surface area contributed by atoms with E-state index in [0.29, 0.717) is 17.3 Å². The van der Waals surface area contributed by atoms with Gasteiger partial charge < -0.3 is 11.1 Å². The highest BCUT2D eigenvalue weighted by atomic mass is 32.2. The van der Waals surface area contributed by atoms with Gasteiger partial charge in [-0.05, 0) is 36.1 Å². The van der Waals surface area contributed by atoms with Crippen LogP contribution in [0.2, 0.25) is 0 Å². The highest BCUT2D eigenvalue weighted by molar-refractivity contribution is 7.98. The topological polar surface area (TPSA) is 98.2 Å². The van der Waals surface area contributed by atoms with Crippen molar-refractivity contribution in [3.8, 4) is 0 Å². The normalized spacial score (nSPS) is 13.3. The van der Waals surface area contributed by atoms with E-state index in [2.05, 4.69) is 12.2 Å². The van der Waals surface area contributed by atoms with Crippen LogP contribution in [0.1, 0.15) is 6.92 Å². The Kier molecular flexibility index (Phi) is 5.30. The van der Waals surface area contributed by atoms with Gasteiger partial charge in [-0.1, -0.05) is 6.92 Å². The van der Waals surface area contributed by atoms with Gasteiger partial charge in [0, 0.05) is 6.54 Å². The molecule has 1 aromatic rings. The summed E-state index contributed by atoms with van der Waals surface area (Å²) >= 11 is 1.77. The van der Waals surface area contributed by atoms with Crippen molar-refractivity contribution >= 4 is 33.2 Å². The molecule has 0 fully saturated rings. The fraction of sp³-hybridized carbons (Fsp3) is 0.455. The third-order valence-electron chi connectivity index (χ3n) is 2.45. The van der Waals surface area contributed by atoms with Crippen LogP contribution >= 0.6 is 11.8 Å². The predicted octanol–water partition coefficient (Wildman–Crippen LogP) is 1.33. The van der Waals surface area contributed by atoms with Gasteiger partial charge in [0.05, 0.1) is 16.3 Å². The molecule has 1 rings (SSSR count). The van der Waals surface area contributed by atoms with Crippen LogP contribution in [-0.4, -0.2) is 27.0 Å². The first-order valence-corrected chi connectivity index (χ1v) is 8.43. The summed E-state index contributed by atoms with van der Waals surface area (Å²) in [6.07, 6.45) is 2.05. The number of primary sulfonamides is 1. The van der Waals surface area contributed by atoms with Crippen molar-refractivity contribution < 1.29 is 8.42 Å². The van der Waals surface area contributed by atoms with E-state index in [-0.39, 0.29) is 4.90 Å². The molecule has 0 saturated heterocycles. The monoisotopic (exact) mass is 289 g/mol. The highest BCUT2D eigenvalue weighted by Gasteiger charge is 2.10. The maximum Gasteiger partial charge on any atom is 0.238 e. The maximum atomic E-state index is 11.2. The van der Waals surface area contributed by atoms with Crippen molar-refractivity contribution in [2.24, 2.45) is 11.1 Å². The van der Waals surface area contributed by atoms with Crippen LogP contribution in [0, 0.1) is 5.92 Å². The SMILES string of the molecule is CSCC(C)CNc1cc(S(N)(=O)=O)ccc1N. The zero-order valence-electron chi connectivity index (χ0n) is 10.5. The zero-order chi connectivity index (χ0) is 13.8. The van der Waals surface area contributed by atoms with Crippen LogP contribution in [0.3, 0.4) is 0 Å². The Bertz CT molecular complexity index is 503. The smallest absolute Gasteiger partial charge is 0.238 e. The number of sulfonamides is 1. The highest BCUT2D eigenvalue weighted by Crippen LogP contribution is 2.22. The largest absolute Gasteiger partial charge is 0.397 e. The number of hydrogen-bond donors (Lipinski definition) is 3. The van der Waals surface area contributed by atoms with E-state index in [1.807, 2.05) is 6.26 Å². The number of rotatable bonds is 6. The first-order chi connectivity index (χ1) is 8.34. The molecule has 1 unspecified atom stereocenters. The molecule has 7 heteroatoms. The molecule has 0 bridgehead atoms. The van der Waals surface area contributed by atoms with Gasteiger partial charge in [0.15, 0.2) is 0 Å². The molecule has 0 spiro atoms. The molecule has 5 nitrogen and oxygen atoms in total. The Morgan fingerprint density at radius 1 is 1.44 bits per heavy atom. The standard InChI is InChI=1S/C11H19N3O2S2/c1-8(7-17-2)6-14-11-5-9(18(13,15)16)3-4-10(11)12/h3-5,8,14H,6-7,12H2,1-2H3,(H2,13,15,16). The first-order valence-electron chi connectivity index (χ1n) is 5.49. The lowest BCUT2D eigenvalue weighted by atomic mass is 10.2. The molecule has 18 heavy (non-hydrogen) atoms. The van der Waals surface area contributed by atoms with E-state index < -0.39 is 10.0 Å². The number of benzene rings is 1. The van der Waals surface area contributed by atoms with Crippen molar-refractivity contribution in [1.82, 2.24) is 0 Å². The third-order valence-corrected chi connectivity index (χ3v) is 4.26. The summed E-state index contributed by atoms with van der Waals surface area (Å²) in [4.78, 5) is 0.0664. The molecule has 102 valence electrons. The minimum absolute atomic E-state index is 0.0664. The molecule has 0 amide bonds. The van der Waals surface area contributed by atoms with Crippen LogP contribution in [0.5, 0.6) is 0 Å². The quantitative estimate of drug-likeness (QED) is 0.686. The Morgan fingerprint density at radius 3 is 2.67 bits per heavy atom. The molecule has 1 atom stereocenters. The zero-order valence-corrected chi connectivity index (χ0v) is 12.1. The van der Waals surface area contributed by atoms with Gasteiger partial charge in [-0.2, -0.15) is 11.8 Å². The van der Waals surface area contributed by atoms with Crippen molar-refractivity contribution in [3.05, 3.63) is 18.2 Å². The van der Waals surface area contributed by atoms with Gasteiger partial charge >= 0.3 is 0 Å². The molecule has 0 heterocycles. The van der Waals surface area contributed by atoms with Crippen molar-refractivity contribution in [1.29, 1.82) is 0 Å². The first kappa shape index (κ1) is 15.1. The molecule has 0 saturated carbocycles. The van der Waals surface area contributed by atoms with E-state index in [0.717, 1.165) is 12.3 Å². The minimum atomic E-state index is -3.69. The third kappa shape index (κ3) is 4.40. The summed E-state index contributed by atoms with van der Waals surface area (Å²) in [6, 6.07) is 4.42. The summed E-state index contributed by atoms with van der Waals surface area (Å²) in [5.41, 5.74) is 6.91. The lowest BCUT2D eigenvalue weighted by molar-refractivity contribution is 0.598. The minimum Gasteiger partial charge on any atom is -0.397 e. The van der Waals surface area contributed by atoms with Crippen LogP contribution in [-0.2, 0) is 10.0 Å². The molecule has 5 N–H and O–H groups in total. The van der Waals surface area contributed by atoms with Gasteiger partial charge in [-0.3, -0.25) is 0 Å². The number of nitrogens with two attached hydrogens (primary N) is 2. The van der Waals surface area contributed by atoms with Gasteiger partial charge in [0.2, 0.25) is 10.0 Å². The van der Waals surface area contributed by atoms with E-state index >= 15 is 0 Å². The average Bonchev–Trinajstić information content (AvgIpc) is 2.26. The lowest BCUT2D eigenvalue weighted by Gasteiger charge is -2.14. The summed E-state index contributed by atoms with van der Waals surface area (Å²) in [6.45, 7) is 2.85. The number of hydrogen-bond acceptors (Lipinski definition) is 5. The Labute approximate surface area is 112 Å². The average molecular weight is 289 g/mol. The summed E-state index contributed by atoms with van der Waals surface area (Å²) < 4.78 is 22.5. The molecule has 1 aromatic carbocycles. The van der Waals surface area contributed by atoms with E-state index in [1.54, 1.807) is 17.8 Å². The Balaban J connectivity index is 2.82. The molecular weight excluding hydrogens is 270 g/mol. The van der Waals surface area contributed by atoms with Gasteiger partial charge in [-0.15, -0.1) is 0 Å². The second kappa shape index (κ2) is 6.31. The lowest BCUT2D eigenvalue weighted by Crippen LogP contribution is -2.16. The van der Waals surface area contributed by atoms with E-state index in [4.69, 9.17) is 10.9 Å². The van der Waals surface area contributed by atoms with E-state index in [1.165, 1.54) is 12.1 Å². The summed E-state index contributed by atoms with van der Waals surface area (Å²) in [7, 11) is -3.69. The van der Waals surface area contributed by atoms with Crippen LogP contribution < -0.4 is 16.2 Å². The number of nitrogen functional groups attached to an aromatic ring is 1. The molecule has 0 aliphatic heterocycles. The second-order valence-corrected chi connectivity index (χ2v) is 6.71. The summed E-state index contributed by atoms with van der Waals surface area (Å²) in [5, 5.41) is 8.23. The molecule has 0 aromatic heterocycles.